The van der Waals surface area contributed by atoms with E-state index < -0.39 is 0 Å². The summed E-state index contributed by atoms with van der Waals surface area (Å²) in [6.45, 7) is 4.16. The first-order valence-corrected chi connectivity index (χ1v) is 7.78. The molecule has 1 aromatic heterocycles. The van der Waals surface area contributed by atoms with Gasteiger partial charge in [0.2, 0.25) is 0 Å². The second-order valence-corrected chi connectivity index (χ2v) is 6.21. The fourth-order valence-corrected chi connectivity index (χ4v) is 3.55. The summed E-state index contributed by atoms with van der Waals surface area (Å²) in [5, 5.41) is 7.29. The standard InChI is InChI=1S/C16H14BrN3S/c1-10-8-11(2)14(13(17)9-10)20-15(18-19-16(20)21)12-6-4-3-5-7-12/h3-9H,1-2H3,(H,19,21). The Morgan fingerprint density at radius 1 is 1.14 bits per heavy atom. The Labute approximate surface area is 136 Å². The van der Waals surface area contributed by atoms with Crippen LogP contribution in [0, 0.1) is 18.6 Å². The summed E-state index contributed by atoms with van der Waals surface area (Å²) in [4.78, 5) is 0. The Hall–Kier alpha value is -1.72. The van der Waals surface area contributed by atoms with Gasteiger partial charge in [0.1, 0.15) is 0 Å². The Morgan fingerprint density at radius 3 is 2.52 bits per heavy atom. The quantitative estimate of drug-likeness (QED) is 0.654. The van der Waals surface area contributed by atoms with Crippen molar-refractivity contribution >= 4 is 28.1 Å². The number of nitrogens with one attached hydrogen (secondary N) is 1. The number of H-pyrrole nitrogens is 1. The van der Waals surface area contributed by atoms with Crippen LogP contribution in [-0.4, -0.2) is 14.8 Å². The zero-order chi connectivity index (χ0) is 15.0. The van der Waals surface area contributed by atoms with Gasteiger partial charge in [-0.2, -0.15) is 5.10 Å². The number of aromatic nitrogens is 3. The van der Waals surface area contributed by atoms with Crippen LogP contribution in [0.2, 0.25) is 0 Å². The fourth-order valence-electron chi connectivity index (χ4n) is 2.48. The molecular formula is C16H14BrN3S. The van der Waals surface area contributed by atoms with Gasteiger partial charge in [-0.15, -0.1) is 0 Å². The van der Waals surface area contributed by atoms with Crippen LogP contribution in [-0.2, 0) is 0 Å². The number of hydrogen-bond donors (Lipinski definition) is 1. The minimum absolute atomic E-state index is 0.585. The zero-order valence-corrected chi connectivity index (χ0v) is 14.1. The van der Waals surface area contributed by atoms with E-state index in [-0.39, 0.29) is 0 Å². The molecule has 1 heterocycles. The van der Waals surface area contributed by atoms with E-state index in [0.717, 1.165) is 27.1 Å². The molecule has 0 amide bonds. The molecule has 0 spiro atoms. The van der Waals surface area contributed by atoms with Crippen LogP contribution in [0.15, 0.2) is 46.9 Å². The Kier molecular flexibility index (Phi) is 3.78. The molecule has 3 rings (SSSR count). The lowest BCUT2D eigenvalue weighted by atomic mass is 10.1. The monoisotopic (exact) mass is 359 g/mol. The van der Waals surface area contributed by atoms with Crippen molar-refractivity contribution in [2.75, 3.05) is 0 Å². The average molecular weight is 360 g/mol. The summed E-state index contributed by atoms with van der Waals surface area (Å²) in [6, 6.07) is 14.3. The second-order valence-electron chi connectivity index (χ2n) is 4.97. The molecule has 0 unspecified atom stereocenters. The predicted molar refractivity (Wildman–Crippen MR) is 91.4 cm³/mol. The summed E-state index contributed by atoms with van der Waals surface area (Å²) >= 11 is 9.08. The third kappa shape index (κ3) is 2.59. The molecule has 0 atom stereocenters. The normalized spacial score (nSPS) is 10.8. The topological polar surface area (TPSA) is 33.6 Å². The third-order valence-electron chi connectivity index (χ3n) is 3.33. The van der Waals surface area contributed by atoms with Gasteiger partial charge < -0.3 is 0 Å². The summed E-state index contributed by atoms with van der Waals surface area (Å²) in [6.07, 6.45) is 0. The molecule has 1 N–H and O–H groups in total. The lowest BCUT2D eigenvalue weighted by molar-refractivity contribution is 1.01. The summed E-state index contributed by atoms with van der Waals surface area (Å²) in [7, 11) is 0. The van der Waals surface area contributed by atoms with Gasteiger partial charge in [-0.3, -0.25) is 9.67 Å². The van der Waals surface area contributed by atoms with E-state index in [1.54, 1.807) is 0 Å². The molecule has 0 saturated carbocycles. The van der Waals surface area contributed by atoms with Gasteiger partial charge in [-0.25, -0.2) is 0 Å². The number of aryl methyl sites for hydroxylation is 2. The van der Waals surface area contributed by atoms with Gasteiger partial charge in [0.15, 0.2) is 10.6 Å². The van der Waals surface area contributed by atoms with Crippen molar-refractivity contribution in [1.29, 1.82) is 0 Å². The second kappa shape index (κ2) is 5.58. The van der Waals surface area contributed by atoms with E-state index in [2.05, 4.69) is 52.1 Å². The molecule has 0 aliphatic heterocycles. The third-order valence-corrected chi connectivity index (χ3v) is 4.20. The Balaban J connectivity index is 2.30. The molecule has 2 aromatic carbocycles. The van der Waals surface area contributed by atoms with Gasteiger partial charge in [0, 0.05) is 10.0 Å². The molecular weight excluding hydrogens is 346 g/mol. The molecule has 0 bridgehead atoms. The van der Waals surface area contributed by atoms with Crippen LogP contribution in [0.3, 0.4) is 0 Å². The average Bonchev–Trinajstić information content (AvgIpc) is 2.81. The van der Waals surface area contributed by atoms with Crippen molar-refractivity contribution in [3.05, 3.63) is 62.8 Å². The predicted octanol–water partition coefficient (Wildman–Crippen LogP) is 4.98. The molecule has 0 radical (unpaired) electrons. The van der Waals surface area contributed by atoms with Gasteiger partial charge in [-0.05, 0) is 59.2 Å². The van der Waals surface area contributed by atoms with Gasteiger partial charge in [0.05, 0.1) is 5.69 Å². The van der Waals surface area contributed by atoms with Crippen molar-refractivity contribution in [1.82, 2.24) is 14.8 Å². The summed E-state index contributed by atoms with van der Waals surface area (Å²) in [5.74, 6) is 0.813. The molecule has 21 heavy (non-hydrogen) atoms. The molecule has 0 fully saturated rings. The first-order valence-electron chi connectivity index (χ1n) is 6.58. The van der Waals surface area contributed by atoms with Crippen molar-refractivity contribution in [3.8, 4) is 17.1 Å². The van der Waals surface area contributed by atoms with E-state index in [9.17, 15) is 0 Å². The molecule has 5 heteroatoms. The van der Waals surface area contributed by atoms with Gasteiger partial charge in [0.25, 0.3) is 0 Å². The Morgan fingerprint density at radius 2 is 1.86 bits per heavy atom. The molecule has 0 aliphatic rings. The van der Waals surface area contributed by atoms with Crippen LogP contribution >= 0.6 is 28.1 Å². The number of rotatable bonds is 2. The number of hydrogen-bond acceptors (Lipinski definition) is 2. The highest BCUT2D eigenvalue weighted by Crippen LogP contribution is 2.30. The maximum atomic E-state index is 5.43. The lowest BCUT2D eigenvalue weighted by Crippen LogP contribution is -2.02. The van der Waals surface area contributed by atoms with Crippen molar-refractivity contribution in [2.45, 2.75) is 13.8 Å². The molecule has 0 saturated heterocycles. The highest BCUT2D eigenvalue weighted by molar-refractivity contribution is 9.10. The van der Waals surface area contributed by atoms with Crippen molar-refractivity contribution in [3.63, 3.8) is 0 Å². The van der Waals surface area contributed by atoms with Crippen LogP contribution in [0.25, 0.3) is 17.1 Å². The largest absolute Gasteiger partial charge is 0.267 e. The van der Waals surface area contributed by atoms with E-state index >= 15 is 0 Å². The minimum Gasteiger partial charge on any atom is -0.267 e. The molecule has 106 valence electrons. The lowest BCUT2D eigenvalue weighted by Gasteiger charge is -2.13. The number of nitrogens with zero attached hydrogens (tertiary/aromatic N) is 2. The molecule has 3 aromatic rings. The van der Waals surface area contributed by atoms with E-state index in [4.69, 9.17) is 12.2 Å². The van der Waals surface area contributed by atoms with E-state index in [0.29, 0.717) is 4.77 Å². The smallest absolute Gasteiger partial charge is 0.200 e. The highest BCUT2D eigenvalue weighted by Gasteiger charge is 2.15. The van der Waals surface area contributed by atoms with Crippen LogP contribution in [0.5, 0.6) is 0 Å². The summed E-state index contributed by atoms with van der Waals surface area (Å²) < 4.78 is 3.57. The highest BCUT2D eigenvalue weighted by atomic mass is 79.9. The minimum atomic E-state index is 0.585. The van der Waals surface area contributed by atoms with Crippen molar-refractivity contribution < 1.29 is 0 Å². The van der Waals surface area contributed by atoms with Crippen molar-refractivity contribution in [2.24, 2.45) is 0 Å². The maximum Gasteiger partial charge on any atom is 0.200 e. The molecule has 3 nitrogen and oxygen atoms in total. The van der Waals surface area contributed by atoms with E-state index in [1.807, 2.05) is 34.9 Å². The van der Waals surface area contributed by atoms with Gasteiger partial charge >= 0.3 is 0 Å². The first kappa shape index (κ1) is 14.2. The first-order chi connectivity index (χ1) is 10.1. The zero-order valence-electron chi connectivity index (χ0n) is 11.7. The van der Waals surface area contributed by atoms with Crippen LogP contribution < -0.4 is 0 Å². The van der Waals surface area contributed by atoms with E-state index in [1.165, 1.54) is 5.56 Å². The number of halogens is 1. The van der Waals surface area contributed by atoms with Crippen LogP contribution in [0.1, 0.15) is 11.1 Å². The van der Waals surface area contributed by atoms with Crippen LogP contribution in [0.4, 0.5) is 0 Å². The Bertz CT molecular complexity index is 826. The fraction of sp³-hybridized carbons (Fsp3) is 0.125. The van der Waals surface area contributed by atoms with Gasteiger partial charge in [-0.1, -0.05) is 36.4 Å². The maximum absolute atomic E-state index is 5.43. The SMILES string of the molecule is Cc1cc(C)c(-n2c(-c3ccccc3)n[nH]c2=S)c(Br)c1. The number of benzene rings is 2. The summed E-state index contributed by atoms with van der Waals surface area (Å²) in [5.41, 5.74) is 4.41. The number of aromatic amines is 1. The molecule has 0 aliphatic carbocycles.